The molecular weight excluding hydrogens is 260 g/mol. The first-order valence-electron chi connectivity index (χ1n) is 7.01. The molecule has 0 amide bonds. The van der Waals surface area contributed by atoms with Gasteiger partial charge in [0.2, 0.25) is 0 Å². The van der Waals surface area contributed by atoms with Crippen molar-refractivity contribution >= 4 is 5.78 Å². The second kappa shape index (κ2) is 6.40. The first-order valence-corrected chi connectivity index (χ1v) is 7.01. The number of hydrogen-bond donors (Lipinski definition) is 0. The third kappa shape index (κ3) is 4.06. The van der Waals surface area contributed by atoms with Gasteiger partial charge in [-0.25, -0.2) is 0 Å². The van der Waals surface area contributed by atoms with Crippen LogP contribution in [-0.4, -0.2) is 11.4 Å². The summed E-state index contributed by atoms with van der Waals surface area (Å²) in [5.74, 6) is 0.777. The molecule has 0 aliphatic heterocycles. The molecule has 0 saturated carbocycles. The van der Waals surface area contributed by atoms with Gasteiger partial charge in [0.05, 0.1) is 0 Å². The van der Waals surface area contributed by atoms with E-state index >= 15 is 0 Å². The van der Waals surface area contributed by atoms with Crippen molar-refractivity contribution in [3.8, 4) is 5.75 Å². The summed E-state index contributed by atoms with van der Waals surface area (Å²) in [5, 5.41) is 0. The van der Waals surface area contributed by atoms with Gasteiger partial charge in [-0.05, 0) is 38.1 Å². The molecule has 0 fully saturated rings. The molecule has 0 atom stereocenters. The lowest BCUT2D eigenvalue weighted by atomic mass is 10.0. The maximum Gasteiger partial charge on any atom is 0.193 e. The van der Waals surface area contributed by atoms with Crippen LogP contribution in [-0.2, 0) is 0 Å². The van der Waals surface area contributed by atoms with Crippen LogP contribution in [0.1, 0.15) is 36.2 Å². The maximum absolute atomic E-state index is 12.3. The molecule has 0 aliphatic carbocycles. The molecule has 2 nitrogen and oxygen atoms in total. The minimum Gasteiger partial charge on any atom is -0.488 e. The summed E-state index contributed by atoms with van der Waals surface area (Å²) in [6, 6.07) is 16.5. The van der Waals surface area contributed by atoms with Gasteiger partial charge < -0.3 is 4.74 Å². The van der Waals surface area contributed by atoms with Crippen LogP contribution in [0.25, 0.3) is 0 Å². The Morgan fingerprint density at radius 3 is 2.19 bits per heavy atom. The van der Waals surface area contributed by atoms with Gasteiger partial charge in [0, 0.05) is 17.5 Å². The van der Waals surface area contributed by atoms with E-state index in [4.69, 9.17) is 4.74 Å². The molecule has 0 bridgehead atoms. The van der Waals surface area contributed by atoms with Gasteiger partial charge in [0.15, 0.2) is 5.78 Å². The maximum atomic E-state index is 12.3. The fourth-order valence-corrected chi connectivity index (χ4v) is 2.14. The number of ketones is 1. The molecule has 2 aromatic carbocycles. The average molecular weight is 280 g/mol. The Bertz CT molecular complexity index is 610. The Hall–Kier alpha value is -2.35. The number of carbonyl (C=O) groups excluding carboxylic acids is 1. The molecule has 2 rings (SSSR count). The van der Waals surface area contributed by atoms with Gasteiger partial charge >= 0.3 is 0 Å². The van der Waals surface area contributed by atoms with Gasteiger partial charge in [-0.2, -0.15) is 0 Å². The molecule has 2 aromatic rings. The molecule has 21 heavy (non-hydrogen) atoms. The minimum atomic E-state index is -0.299. The summed E-state index contributed by atoms with van der Waals surface area (Å²) < 4.78 is 5.90. The van der Waals surface area contributed by atoms with E-state index < -0.39 is 0 Å². The lowest BCUT2D eigenvalue weighted by Gasteiger charge is -2.25. The number of carbonyl (C=O) groups is 1. The predicted octanol–water partition coefficient (Wildman–Crippen LogP) is 4.65. The highest BCUT2D eigenvalue weighted by molar-refractivity contribution is 6.08. The number of hydrogen-bond acceptors (Lipinski definition) is 2. The van der Waals surface area contributed by atoms with Crippen LogP contribution in [0, 0.1) is 0 Å². The van der Waals surface area contributed by atoms with E-state index in [1.165, 1.54) is 0 Å². The second-order valence-corrected chi connectivity index (χ2v) is 5.57. The van der Waals surface area contributed by atoms with E-state index in [1.807, 2.05) is 62.4 Å². The highest BCUT2D eigenvalue weighted by Gasteiger charge is 2.18. The van der Waals surface area contributed by atoms with Crippen LogP contribution in [0.15, 0.2) is 67.3 Å². The topological polar surface area (TPSA) is 26.3 Å². The van der Waals surface area contributed by atoms with Crippen molar-refractivity contribution in [1.82, 2.24) is 0 Å². The van der Waals surface area contributed by atoms with Crippen LogP contribution in [0.2, 0.25) is 0 Å². The summed E-state index contributed by atoms with van der Waals surface area (Å²) in [6.45, 7) is 7.76. The largest absolute Gasteiger partial charge is 0.488 e. The monoisotopic (exact) mass is 280 g/mol. The molecule has 0 heterocycles. The van der Waals surface area contributed by atoms with Gasteiger partial charge in [-0.3, -0.25) is 4.79 Å². The molecule has 0 N–H and O–H groups in total. The second-order valence-electron chi connectivity index (χ2n) is 5.57. The molecule has 108 valence electrons. The Morgan fingerprint density at radius 1 is 1.05 bits per heavy atom. The minimum absolute atomic E-state index is 0.0208. The molecule has 0 aromatic heterocycles. The highest BCUT2D eigenvalue weighted by Crippen LogP contribution is 2.22. The molecule has 0 spiro atoms. The standard InChI is InChI=1S/C19H20O2/c1-4-14-19(2,3)21-17-12-10-16(11-13-17)18(20)15-8-6-5-7-9-15/h4-13H,1,14H2,2-3H3. The SMILES string of the molecule is C=CCC(C)(C)Oc1ccc(C(=O)c2ccccc2)cc1. The lowest BCUT2D eigenvalue weighted by Crippen LogP contribution is -2.27. The van der Waals surface area contributed by atoms with E-state index in [1.54, 1.807) is 12.1 Å². The van der Waals surface area contributed by atoms with Crippen molar-refractivity contribution in [2.75, 3.05) is 0 Å². The molecular formula is C19H20O2. The summed E-state index contributed by atoms with van der Waals surface area (Å²) in [5.41, 5.74) is 1.06. The molecule has 0 unspecified atom stereocenters. The Balaban J connectivity index is 2.12. The third-order valence-electron chi connectivity index (χ3n) is 3.18. The van der Waals surface area contributed by atoms with E-state index in [9.17, 15) is 4.79 Å². The smallest absolute Gasteiger partial charge is 0.193 e. The average Bonchev–Trinajstić information content (AvgIpc) is 2.48. The normalized spacial score (nSPS) is 11.0. The molecule has 0 saturated heterocycles. The van der Waals surface area contributed by atoms with Crippen LogP contribution >= 0.6 is 0 Å². The van der Waals surface area contributed by atoms with Crippen LogP contribution < -0.4 is 4.74 Å². The zero-order valence-electron chi connectivity index (χ0n) is 12.5. The third-order valence-corrected chi connectivity index (χ3v) is 3.18. The van der Waals surface area contributed by atoms with Crippen LogP contribution in [0.4, 0.5) is 0 Å². The fraction of sp³-hybridized carbons (Fsp3) is 0.211. The first-order chi connectivity index (χ1) is 10.0. The quantitative estimate of drug-likeness (QED) is 0.568. The van der Waals surface area contributed by atoms with Crippen LogP contribution in [0.3, 0.4) is 0 Å². The van der Waals surface area contributed by atoms with Crippen molar-refractivity contribution in [3.05, 3.63) is 78.4 Å². The molecule has 0 aliphatic rings. The number of benzene rings is 2. The predicted molar refractivity (Wildman–Crippen MR) is 85.8 cm³/mol. The van der Waals surface area contributed by atoms with E-state index in [0.717, 1.165) is 12.2 Å². The lowest BCUT2D eigenvalue weighted by molar-refractivity contribution is 0.103. The van der Waals surface area contributed by atoms with E-state index in [0.29, 0.717) is 11.1 Å². The van der Waals surface area contributed by atoms with Crippen molar-refractivity contribution in [3.63, 3.8) is 0 Å². The first kappa shape index (κ1) is 15.0. The Labute approximate surface area is 126 Å². The van der Waals surface area contributed by atoms with E-state index in [2.05, 4.69) is 6.58 Å². The zero-order valence-corrected chi connectivity index (χ0v) is 12.5. The van der Waals surface area contributed by atoms with Gasteiger partial charge in [-0.1, -0.05) is 36.4 Å². The van der Waals surface area contributed by atoms with Crippen molar-refractivity contribution in [2.24, 2.45) is 0 Å². The van der Waals surface area contributed by atoms with Crippen molar-refractivity contribution < 1.29 is 9.53 Å². The summed E-state index contributed by atoms with van der Waals surface area (Å²) in [6.07, 6.45) is 2.60. The number of ether oxygens (including phenoxy) is 1. The summed E-state index contributed by atoms with van der Waals surface area (Å²) >= 11 is 0. The van der Waals surface area contributed by atoms with E-state index in [-0.39, 0.29) is 11.4 Å². The Morgan fingerprint density at radius 2 is 1.62 bits per heavy atom. The van der Waals surface area contributed by atoms with Crippen molar-refractivity contribution in [2.45, 2.75) is 25.9 Å². The Kier molecular flexibility index (Phi) is 4.59. The van der Waals surface area contributed by atoms with Gasteiger partial charge in [-0.15, -0.1) is 6.58 Å². The summed E-state index contributed by atoms with van der Waals surface area (Å²) in [7, 11) is 0. The van der Waals surface area contributed by atoms with Crippen LogP contribution in [0.5, 0.6) is 5.75 Å². The van der Waals surface area contributed by atoms with Gasteiger partial charge in [0.25, 0.3) is 0 Å². The van der Waals surface area contributed by atoms with Gasteiger partial charge in [0.1, 0.15) is 11.4 Å². The van der Waals surface area contributed by atoms with Crippen molar-refractivity contribution in [1.29, 1.82) is 0 Å². The fourth-order valence-electron chi connectivity index (χ4n) is 2.14. The molecule has 2 heteroatoms. The summed E-state index contributed by atoms with van der Waals surface area (Å²) in [4.78, 5) is 12.3. The highest BCUT2D eigenvalue weighted by atomic mass is 16.5. The molecule has 0 radical (unpaired) electrons. The zero-order chi connectivity index (χ0) is 15.3. The number of rotatable bonds is 6.